The number of rotatable bonds is 10. The summed E-state index contributed by atoms with van der Waals surface area (Å²) in [6.07, 6.45) is -0.785. The normalized spacial score (nSPS) is 15.5. The van der Waals surface area contributed by atoms with E-state index in [9.17, 15) is 19.5 Å². The predicted octanol–water partition coefficient (Wildman–Crippen LogP) is -3.18. The Bertz CT molecular complexity index is 475. The smallest absolute Gasteiger partial charge is 0.328 e. The molecule has 0 radical (unpaired) electrons. The van der Waals surface area contributed by atoms with Gasteiger partial charge in [-0.25, -0.2) is 4.79 Å². The summed E-state index contributed by atoms with van der Waals surface area (Å²) in [6, 6.07) is -3.37. The van der Waals surface area contributed by atoms with Crippen LogP contribution in [-0.4, -0.2) is 64.7 Å². The van der Waals surface area contributed by atoms with Gasteiger partial charge < -0.3 is 38.0 Å². The molecule has 138 valence electrons. The molecular weight excluding hydrogens is 320 g/mol. The molecule has 0 rings (SSSR count). The lowest BCUT2D eigenvalue weighted by Gasteiger charge is -2.23. The summed E-state index contributed by atoms with van der Waals surface area (Å²) < 4.78 is 0. The first-order valence-corrected chi connectivity index (χ1v) is 7.38. The van der Waals surface area contributed by atoms with E-state index in [1.807, 2.05) is 0 Å². The Labute approximate surface area is 139 Å². The Hall–Kier alpha value is -2.40. The summed E-state index contributed by atoms with van der Waals surface area (Å²) in [5.74, 6) is -2.81. The summed E-state index contributed by atoms with van der Waals surface area (Å²) in [5.41, 5.74) is 15.8. The molecule has 0 aromatic heterocycles. The first-order chi connectivity index (χ1) is 11.1. The SMILES string of the molecule is C[C@H](N)C(=O)N[C@@H](CCCN=C(N)N)C(=O)N[C@H](C(=O)O)[C@@H](C)O. The first-order valence-electron chi connectivity index (χ1n) is 7.38. The second-order valence-corrected chi connectivity index (χ2v) is 5.36. The number of carbonyl (C=O) groups is 3. The number of aliphatic hydroxyl groups is 1. The van der Waals surface area contributed by atoms with E-state index >= 15 is 0 Å². The van der Waals surface area contributed by atoms with Gasteiger partial charge in [0.2, 0.25) is 11.8 Å². The third kappa shape index (κ3) is 8.29. The maximum atomic E-state index is 12.2. The molecule has 0 spiro atoms. The van der Waals surface area contributed by atoms with Crippen LogP contribution in [0.2, 0.25) is 0 Å². The Morgan fingerprint density at radius 3 is 2.12 bits per heavy atom. The standard InChI is InChI=1S/C13H26N6O5/c1-6(14)10(21)18-8(4-3-5-17-13(15)16)11(22)19-9(7(2)20)12(23)24/h6-9,20H,3-5,14H2,1-2H3,(H,18,21)(H,19,22)(H,23,24)(H4,15,16,17)/t6-,7+,8-,9-/m0/s1. The van der Waals surface area contributed by atoms with E-state index < -0.39 is 42.0 Å². The highest BCUT2D eigenvalue weighted by molar-refractivity contribution is 5.91. The number of carbonyl (C=O) groups excluding carboxylic acids is 2. The highest BCUT2D eigenvalue weighted by Crippen LogP contribution is 2.02. The first kappa shape index (κ1) is 21.6. The molecular formula is C13H26N6O5. The van der Waals surface area contributed by atoms with Crippen molar-refractivity contribution in [3.8, 4) is 0 Å². The van der Waals surface area contributed by atoms with Crippen LogP contribution in [0, 0.1) is 0 Å². The minimum Gasteiger partial charge on any atom is -0.480 e. The molecule has 24 heavy (non-hydrogen) atoms. The average Bonchev–Trinajstić information content (AvgIpc) is 2.46. The van der Waals surface area contributed by atoms with Gasteiger partial charge in [-0.1, -0.05) is 0 Å². The van der Waals surface area contributed by atoms with Crippen molar-refractivity contribution in [1.82, 2.24) is 10.6 Å². The van der Waals surface area contributed by atoms with Gasteiger partial charge in [0.15, 0.2) is 12.0 Å². The number of nitrogens with zero attached hydrogens (tertiary/aromatic N) is 1. The lowest BCUT2D eigenvalue weighted by Crippen LogP contribution is -2.56. The number of amides is 2. The number of aliphatic carboxylic acids is 1. The number of hydrogen-bond acceptors (Lipinski definition) is 6. The summed E-state index contributed by atoms with van der Waals surface area (Å²) in [7, 11) is 0. The van der Waals surface area contributed by atoms with Crippen LogP contribution in [0.4, 0.5) is 0 Å². The van der Waals surface area contributed by atoms with Gasteiger partial charge in [0.25, 0.3) is 0 Å². The molecule has 0 heterocycles. The minimum absolute atomic E-state index is 0.101. The minimum atomic E-state index is -1.50. The third-order valence-corrected chi connectivity index (χ3v) is 3.04. The van der Waals surface area contributed by atoms with Crippen molar-refractivity contribution < 1.29 is 24.6 Å². The number of aliphatic hydroxyl groups excluding tert-OH is 1. The predicted molar refractivity (Wildman–Crippen MR) is 86.7 cm³/mol. The number of nitrogens with one attached hydrogen (secondary N) is 2. The van der Waals surface area contributed by atoms with Gasteiger partial charge in [0, 0.05) is 6.54 Å². The molecule has 0 saturated heterocycles. The van der Waals surface area contributed by atoms with Crippen LogP contribution in [0.5, 0.6) is 0 Å². The van der Waals surface area contributed by atoms with Gasteiger partial charge in [0.1, 0.15) is 6.04 Å². The van der Waals surface area contributed by atoms with Gasteiger partial charge in [-0.3, -0.25) is 14.6 Å². The van der Waals surface area contributed by atoms with Crippen LogP contribution in [-0.2, 0) is 14.4 Å². The van der Waals surface area contributed by atoms with Crippen molar-refractivity contribution in [2.75, 3.05) is 6.54 Å². The lowest BCUT2D eigenvalue weighted by atomic mass is 10.1. The van der Waals surface area contributed by atoms with Gasteiger partial charge in [0.05, 0.1) is 12.1 Å². The molecule has 0 fully saturated rings. The summed E-state index contributed by atoms with van der Waals surface area (Å²) in [4.78, 5) is 38.7. The average molecular weight is 346 g/mol. The van der Waals surface area contributed by atoms with E-state index in [-0.39, 0.29) is 18.9 Å². The highest BCUT2D eigenvalue weighted by Gasteiger charge is 2.29. The highest BCUT2D eigenvalue weighted by atomic mass is 16.4. The maximum Gasteiger partial charge on any atom is 0.328 e. The van der Waals surface area contributed by atoms with Crippen molar-refractivity contribution >= 4 is 23.7 Å². The largest absolute Gasteiger partial charge is 0.480 e. The second kappa shape index (κ2) is 10.4. The van der Waals surface area contributed by atoms with E-state index in [2.05, 4.69) is 15.6 Å². The Morgan fingerprint density at radius 1 is 1.12 bits per heavy atom. The molecule has 2 amide bonds. The molecule has 0 aliphatic heterocycles. The molecule has 10 N–H and O–H groups in total. The number of carboxylic acid groups (broad SMARTS) is 1. The van der Waals surface area contributed by atoms with Crippen LogP contribution in [0.1, 0.15) is 26.7 Å². The summed E-state index contributed by atoms with van der Waals surface area (Å²) in [5, 5.41) is 23.0. The Balaban J connectivity index is 4.93. The van der Waals surface area contributed by atoms with E-state index in [0.717, 1.165) is 0 Å². The number of hydrogen-bond donors (Lipinski definition) is 7. The van der Waals surface area contributed by atoms with Gasteiger partial charge in [-0.05, 0) is 26.7 Å². The topological polar surface area (TPSA) is 206 Å². The molecule has 11 nitrogen and oxygen atoms in total. The molecule has 0 aromatic carbocycles. The second-order valence-electron chi connectivity index (χ2n) is 5.36. The molecule has 0 unspecified atom stereocenters. The lowest BCUT2D eigenvalue weighted by molar-refractivity contribution is -0.145. The van der Waals surface area contributed by atoms with Crippen LogP contribution in [0.15, 0.2) is 4.99 Å². The summed E-state index contributed by atoms with van der Waals surface area (Å²) in [6.45, 7) is 2.91. The van der Waals surface area contributed by atoms with E-state index in [1.165, 1.54) is 13.8 Å². The quantitative estimate of drug-likeness (QED) is 0.122. The van der Waals surface area contributed by atoms with Crippen LogP contribution >= 0.6 is 0 Å². The zero-order valence-corrected chi connectivity index (χ0v) is 13.7. The van der Waals surface area contributed by atoms with E-state index in [4.69, 9.17) is 22.3 Å². The fourth-order valence-electron chi connectivity index (χ4n) is 1.72. The summed E-state index contributed by atoms with van der Waals surface area (Å²) >= 11 is 0. The third-order valence-electron chi connectivity index (χ3n) is 3.04. The van der Waals surface area contributed by atoms with Crippen LogP contribution in [0.3, 0.4) is 0 Å². The number of nitrogens with two attached hydrogens (primary N) is 3. The van der Waals surface area contributed by atoms with Crippen molar-refractivity contribution in [2.24, 2.45) is 22.2 Å². The number of aliphatic imine (C=N–C) groups is 1. The monoisotopic (exact) mass is 346 g/mol. The Morgan fingerprint density at radius 2 is 1.71 bits per heavy atom. The van der Waals surface area contributed by atoms with Crippen molar-refractivity contribution in [2.45, 2.75) is 50.9 Å². The molecule has 0 aliphatic rings. The van der Waals surface area contributed by atoms with Gasteiger partial charge in [-0.2, -0.15) is 0 Å². The van der Waals surface area contributed by atoms with Crippen molar-refractivity contribution in [3.63, 3.8) is 0 Å². The van der Waals surface area contributed by atoms with E-state index in [0.29, 0.717) is 6.42 Å². The van der Waals surface area contributed by atoms with Crippen LogP contribution in [0.25, 0.3) is 0 Å². The number of carboxylic acids is 1. The zero-order valence-electron chi connectivity index (χ0n) is 13.7. The zero-order chi connectivity index (χ0) is 18.9. The molecule has 0 saturated carbocycles. The Kier molecular flexibility index (Phi) is 9.35. The molecule has 11 heteroatoms. The van der Waals surface area contributed by atoms with E-state index in [1.54, 1.807) is 0 Å². The van der Waals surface area contributed by atoms with Crippen molar-refractivity contribution in [1.29, 1.82) is 0 Å². The molecule has 0 aliphatic carbocycles. The molecule has 0 bridgehead atoms. The molecule has 4 atom stereocenters. The fraction of sp³-hybridized carbons (Fsp3) is 0.692. The fourth-order valence-corrected chi connectivity index (χ4v) is 1.72. The van der Waals surface area contributed by atoms with Gasteiger partial charge >= 0.3 is 5.97 Å². The number of guanidine groups is 1. The maximum absolute atomic E-state index is 12.2. The molecule has 0 aromatic rings. The van der Waals surface area contributed by atoms with Gasteiger partial charge in [-0.15, -0.1) is 0 Å². The van der Waals surface area contributed by atoms with Crippen LogP contribution < -0.4 is 27.8 Å². The van der Waals surface area contributed by atoms with Crippen molar-refractivity contribution in [3.05, 3.63) is 0 Å².